The summed E-state index contributed by atoms with van der Waals surface area (Å²) in [5.74, 6) is -2.27. The number of nitro groups is 1. The highest BCUT2D eigenvalue weighted by atomic mass is 31.2. The Morgan fingerprint density at radius 3 is 2.16 bits per heavy atom. The van der Waals surface area contributed by atoms with Gasteiger partial charge in [-0.3, -0.25) is 19.5 Å². The molecule has 0 aromatic heterocycles. The van der Waals surface area contributed by atoms with Crippen LogP contribution in [0.1, 0.15) is 41.3 Å². The van der Waals surface area contributed by atoms with Gasteiger partial charge in [0.25, 0.3) is 0 Å². The van der Waals surface area contributed by atoms with E-state index in [1.165, 1.54) is 32.0 Å². The predicted molar refractivity (Wildman–Crippen MR) is 111 cm³/mol. The molecule has 2 rings (SSSR count). The summed E-state index contributed by atoms with van der Waals surface area (Å²) in [6, 6.07) is 11.4. The Morgan fingerprint density at radius 2 is 1.66 bits per heavy atom. The molecule has 0 spiro atoms. The molecule has 0 aliphatic heterocycles. The van der Waals surface area contributed by atoms with Crippen LogP contribution in [0.5, 0.6) is 0 Å². The van der Waals surface area contributed by atoms with E-state index in [4.69, 9.17) is 9.05 Å². The van der Waals surface area contributed by atoms with Gasteiger partial charge in [0.15, 0.2) is 5.78 Å². The number of nitrogens with zero attached hydrogens (tertiary/aromatic N) is 1. The zero-order chi connectivity index (χ0) is 23.9. The van der Waals surface area contributed by atoms with Crippen LogP contribution in [0.4, 0.5) is 13.2 Å². The second kappa shape index (κ2) is 10.8. The number of Topliss-reactive ketones (excluding diaryl/α,β-unsaturated/α-hetero) is 1. The van der Waals surface area contributed by atoms with Crippen molar-refractivity contribution in [3.63, 3.8) is 0 Å². The van der Waals surface area contributed by atoms with Crippen molar-refractivity contribution in [2.75, 3.05) is 19.8 Å². The van der Waals surface area contributed by atoms with E-state index in [1.807, 2.05) is 0 Å². The number of benzene rings is 2. The lowest BCUT2D eigenvalue weighted by Gasteiger charge is -2.30. The fraction of sp³-hybridized carbons (Fsp3) is 0.381. The standard InChI is InChI=1S/C21H23F3NO6P/c1-3-30-32(29,31-4-2)20(19(26)15-9-6-5-7-10-15)18(14-25(27)28)16-11-8-12-17(13-16)21(22,23)24/h5-13,18,20H,3-4,14H2,1-2H3/t18-,20-/m0/s1. The molecule has 2 atom stereocenters. The maximum Gasteiger partial charge on any atom is 0.416 e. The topological polar surface area (TPSA) is 95.7 Å². The molecule has 0 radical (unpaired) electrons. The Kier molecular flexibility index (Phi) is 8.72. The van der Waals surface area contributed by atoms with Gasteiger partial charge in [0.05, 0.1) is 24.7 Å². The van der Waals surface area contributed by atoms with Crippen LogP contribution in [-0.2, 0) is 19.8 Å². The SMILES string of the molecule is CCOP(=O)(OCC)[C@H](C(=O)c1ccccc1)[C@@H](C[N+](=O)[O-])c1cccc(C(F)(F)F)c1. The van der Waals surface area contributed by atoms with Gasteiger partial charge in [0.2, 0.25) is 6.54 Å². The molecule has 2 aromatic rings. The highest BCUT2D eigenvalue weighted by Gasteiger charge is 2.49. The van der Waals surface area contributed by atoms with Gasteiger partial charge in [-0.05, 0) is 25.5 Å². The number of halogens is 3. The summed E-state index contributed by atoms with van der Waals surface area (Å²) < 4.78 is 64.2. The minimum absolute atomic E-state index is 0.0810. The molecule has 0 saturated heterocycles. The smallest absolute Gasteiger partial charge is 0.308 e. The van der Waals surface area contributed by atoms with E-state index in [1.54, 1.807) is 18.2 Å². The monoisotopic (exact) mass is 473 g/mol. The van der Waals surface area contributed by atoms with Crippen LogP contribution < -0.4 is 0 Å². The predicted octanol–water partition coefficient (Wildman–Crippen LogP) is 5.58. The summed E-state index contributed by atoms with van der Waals surface area (Å²) in [7, 11) is -4.32. The second-order valence-corrected chi connectivity index (χ2v) is 8.95. The summed E-state index contributed by atoms with van der Waals surface area (Å²) in [5, 5.41) is 11.5. The molecule has 0 saturated carbocycles. The van der Waals surface area contributed by atoms with Gasteiger partial charge in [-0.2, -0.15) is 13.2 Å². The van der Waals surface area contributed by atoms with E-state index in [0.717, 1.165) is 18.2 Å². The maximum absolute atomic E-state index is 13.7. The molecule has 174 valence electrons. The zero-order valence-electron chi connectivity index (χ0n) is 17.4. The molecule has 0 unspecified atom stereocenters. The number of carbonyl (C=O) groups excluding carboxylic acids is 1. The zero-order valence-corrected chi connectivity index (χ0v) is 18.3. The fourth-order valence-corrected chi connectivity index (χ4v) is 5.63. The van der Waals surface area contributed by atoms with Crippen LogP contribution in [0.3, 0.4) is 0 Å². The van der Waals surface area contributed by atoms with Gasteiger partial charge < -0.3 is 9.05 Å². The number of hydrogen-bond acceptors (Lipinski definition) is 6. The van der Waals surface area contributed by atoms with Crippen molar-refractivity contribution >= 4 is 13.4 Å². The number of ketones is 1. The maximum atomic E-state index is 13.7. The number of carbonyl (C=O) groups is 1. The van der Waals surface area contributed by atoms with Gasteiger partial charge in [0.1, 0.15) is 5.66 Å². The van der Waals surface area contributed by atoms with E-state index >= 15 is 0 Å². The van der Waals surface area contributed by atoms with E-state index in [9.17, 15) is 32.6 Å². The van der Waals surface area contributed by atoms with Gasteiger partial charge in [0, 0.05) is 10.5 Å². The third-order valence-electron chi connectivity index (χ3n) is 4.65. The summed E-state index contributed by atoms with van der Waals surface area (Å²) in [4.78, 5) is 24.1. The Balaban J connectivity index is 2.74. The lowest BCUT2D eigenvalue weighted by molar-refractivity contribution is -0.483. The Bertz CT molecular complexity index is 973. The van der Waals surface area contributed by atoms with E-state index < -0.39 is 48.2 Å². The van der Waals surface area contributed by atoms with Gasteiger partial charge in [-0.25, -0.2) is 0 Å². The molecule has 11 heteroatoms. The molecule has 0 aliphatic rings. The lowest BCUT2D eigenvalue weighted by Crippen LogP contribution is -2.34. The van der Waals surface area contributed by atoms with Crippen molar-refractivity contribution in [3.05, 3.63) is 81.4 Å². The molecule has 2 aromatic carbocycles. The van der Waals surface area contributed by atoms with Crippen molar-refractivity contribution in [3.8, 4) is 0 Å². The number of hydrogen-bond donors (Lipinski definition) is 0. The van der Waals surface area contributed by atoms with Crippen LogP contribution in [0.15, 0.2) is 54.6 Å². The first-order chi connectivity index (χ1) is 15.0. The first-order valence-electron chi connectivity index (χ1n) is 9.80. The molecule has 7 nitrogen and oxygen atoms in total. The Morgan fingerprint density at radius 1 is 1.06 bits per heavy atom. The summed E-state index contributed by atoms with van der Waals surface area (Å²) in [5.41, 5.74) is -2.85. The fourth-order valence-electron chi connectivity index (χ4n) is 3.37. The van der Waals surface area contributed by atoms with Crippen molar-refractivity contribution in [2.24, 2.45) is 0 Å². The van der Waals surface area contributed by atoms with Crippen LogP contribution in [0.2, 0.25) is 0 Å². The Labute approximate surface area is 183 Å². The molecule has 0 fully saturated rings. The van der Waals surface area contributed by atoms with Gasteiger partial charge in [-0.15, -0.1) is 0 Å². The summed E-state index contributed by atoms with van der Waals surface area (Å²) in [6.45, 7) is 1.78. The normalized spacial score (nSPS) is 14.0. The second-order valence-electron chi connectivity index (χ2n) is 6.80. The van der Waals surface area contributed by atoms with Crippen molar-refractivity contribution in [1.29, 1.82) is 0 Å². The van der Waals surface area contributed by atoms with E-state index in [-0.39, 0.29) is 24.3 Å². The minimum Gasteiger partial charge on any atom is -0.308 e. The average molecular weight is 473 g/mol. The van der Waals surface area contributed by atoms with Crippen molar-refractivity contribution < 1.29 is 36.5 Å². The highest BCUT2D eigenvalue weighted by Crippen LogP contribution is 2.58. The molecular weight excluding hydrogens is 450 g/mol. The van der Waals surface area contributed by atoms with Gasteiger partial charge >= 0.3 is 13.8 Å². The lowest BCUT2D eigenvalue weighted by atomic mass is 9.90. The quantitative estimate of drug-likeness (QED) is 0.183. The van der Waals surface area contributed by atoms with Crippen molar-refractivity contribution in [1.82, 2.24) is 0 Å². The number of alkyl halides is 3. The minimum atomic E-state index is -4.71. The first kappa shape index (κ1) is 25.7. The third kappa shape index (κ3) is 6.25. The van der Waals surface area contributed by atoms with Crippen LogP contribution in [0.25, 0.3) is 0 Å². The largest absolute Gasteiger partial charge is 0.416 e. The van der Waals surface area contributed by atoms with Crippen LogP contribution >= 0.6 is 7.60 Å². The summed E-state index contributed by atoms with van der Waals surface area (Å²) >= 11 is 0. The molecule has 0 N–H and O–H groups in total. The average Bonchev–Trinajstić information content (AvgIpc) is 2.73. The van der Waals surface area contributed by atoms with Crippen LogP contribution in [0, 0.1) is 10.1 Å². The first-order valence-corrected chi connectivity index (χ1v) is 11.4. The molecule has 0 aliphatic carbocycles. The van der Waals surface area contributed by atoms with E-state index in [0.29, 0.717) is 0 Å². The molecule has 32 heavy (non-hydrogen) atoms. The van der Waals surface area contributed by atoms with E-state index in [2.05, 4.69) is 0 Å². The summed E-state index contributed by atoms with van der Waals surface area (Å²) in [6.07, 6.45) is -4.71. The Hall–Kier alpha value is -2.55. The third-order valence-corrected chi connectivity index (χ3v) is 7.17. The molecule has 0 amide bonds. The highest BCUT2D eigenvalue weighted by molar-refractivity contribution is 7.56. The van der Waals surface area contributed by atoms with Gasteiger partial charge in [-0.1, -0.05) is 48.5 Å². The van der Waals surface area contributed by atoms with Crippen LogP contribution in [-0.4, -0.2) is 36.1 Å². The number of rotatable bonds is 11. The molecule has 0 heterocycles. The molecular formula is C21H23F3NO6P. The van der Waals surface area contributed by atoms with Crippen molar-refractivity contribution in [2.45, 2.75) is 31.6 Å². The molecule has 0 bridgehead atoms.